The number of rotatable bonds is 9. The third kappa shape index (κ3) is 8.02. The molecule has 2 aromatic heterocycles. The molecule has 2 heterocycles. The van der Waals surface area contributed by atoms with Crippen molar-refractivity contribution >= 4 is 35.0 Å². The number of carbonyl (C=O) groups is 3. The fourth-order valence-corrected chi connectivity index (χ4v) is 5.41. The van der Waals surface area contributed by atoms with Gasteiger partial charge < -0.3 is 19.7 Å². The summed E-state index contributed by atoms with van der Waals surface area (Å²) < 4.78 is 25.8. The zero-order chi connectivity index (χ0) is 33.0. The van der Waals surface area contributed by atoms with Crippen LogP contribution in [0.3, 0.4) is 0 Å². The van der Waals surface area contributed by atoms with Gasteiger partial charge in [0.2, 0.25) is 5.82 Å². The number of ether oxygens (including phenoxy) is 1. The van der Waals surface area contributed by atoms with Gasteiger partial charge in [0.05, 0.1) is 5.56 Å². The number of carboxylic acid groups (broad SMARTS) is 1. The van der Waals surface area contributed by atoms with E-state index in [1.807, 2.05) is 24.4 Å². The molecule has 0 spiro atoms. The van der Waals surface area contributed by atoms with Crippen LogP contribution < -0.4 is 10.6 Å². The van der Waals surface area contributed by atoms with Crippen molar-refractivity contribution in [3.8, 4) is 33.3 Å². The first-order valence-corrected chi connectivity index (χ1v) is 15.1. The molecule has 5 rings (SSSR count). The lowest BCUT2D eigenvalue weighted by atomic mass is 10.0. The summed E-state index contributed by atoms with van der Waals surface area (Å²) in [6.07, 6.45) is -0.741. The van der Waals surface area contributed by atoms with Crippen LogP contribution in [0.25, 0.3) is 33.3 Å². The van der Waals surface area contributed by atoms with Gasteiger partial charge in [-0.3, -0.25) is 10.1 Å². The van der Waals surface area contributed by atoms with E-state index < -0.39 is 35.4 Å². The highest BCUT2D eigenvalue weighted by atomic mass is 32.1. The number of hydrogen-bond acceptors (Lipinski definition) is 8. The third-order valence-corrected chi connectivity index (χ3v) is 7.76. The minimum atomic E-state index is -1.30. The van der Waals surface area contributed by atoms with Crippen LogP contribution in [-0.4, -0.2) is 44.9 Å². The number of aliphatic carboxylic acids is 1. The fourth-order valence-electron chi connectivity index (χ4n) is 4.51. The normalized spacial score (nSPS) is 11.9. The third-order valence-electron chi connectivity index (χ3n) is 6.66. The summed E-state index contributed by atoms with van der Waals surface area (Å²) in [4.78, 5) is 42.3. The molecule has 0 bridgehead atoms. The van der Waals surface area contributed by atoms with Gasteiger partial charge in [0, 0.05) is 28.1 Å². The molecule has 46 heavy (non-hydrogen) atoms. The molecule has 2 amide bonds. The second-order valence-corrected chi connectivity index (χ2v) is 12.5. The molecular formula is C34H31FN4O6S. The van der Waals surface area contributed by atoms with E-state index in [1.165, 1.54) is 12.1 Å². The zero-order valence-corrected chi connectivity index (χ0v) is 26.3. The van der Waals surface area contributed by atoms with Gasteiger partial charge in [0.15, 0.2) is 0 Å². The Hall–Kier alpha value is -5.36. The molecule has 0 aliphatic heterocycles. The largest absolute Gasteiger partial charge is 0.480 e. The standard InChI is InChI=1S/C34H31FN4O6S/c1-19-14-28(46-18-19)22-6-5-7-23(17-22)30(40)37-27(32(41)42)16-20-8-13-25(26(35)15-20)29-38-31(45-39-29)21-9-11-24(12-10-21)36-33(43)44-34(2,3)4/h5-15,17-18,27H,16H2,1-4H3,(H,36,43)(H,37,40)(H,41,42)/t27-/m1/s1. The highest BCUT2D eigenvalue weighted by Gasteiger charge is 2.23. The van der Waals surface area contributed by atoms with Crippen LogP contribution in [0.15, 0.2) is 82.7 Å². The van der Waals surface area contributed by atoms with Gasteiger partial charge in [-0.05, 0) is 104 Å². The molecule has 10 nitrogen and oxygen atoms in total. The number of thiophene rings is 1. The van der Waals surface area contributed by atoms with Gasteiger partial charge in [-0.15, -0.1) is 11.3 Å². The summed E-state index contributed by atoms with van der Waals surface area (Å²) in [5.41, 5.74) is 3.10. The molecule has 0 unspecified atom stereocenters. The average molecular weight is 643 g/mol. The number of carbonyl (C=O) groups excluding carboxylic acids is 2. The highest BCUT2D eigenvalue weighted by Crippen LogP contribution is 2.28. The Balaban J connectivity index is 1.24. The maximum atomic E-state index is 15.2. The summed E-state index contributed by atoms with van der Waals surface area (Å²) in [7, 11) is 0. The topological polar surface area (TPSA) is 144 Å². The van der Waals surface area contributed by atoms with Crippen LogP contribution in [0.5, 0.6) is 0 Å². The summed E-state index contributed by atoms with van der Waals surface area (Å²) in [6.45, 7) is 7.28. The van der Waals surface area contributed by atoms with E-state index in [9.17, 15) is 19.5 Å². The highest BCUT2D eigenvalue weighted by molar-refractivity contribution is 7.13. The maximum Gasteiger partial charge on any atom is 0.412 e. The molecule has 0 fully saturated rings. The number of aryl methyl sites for hydroxylation is 1. The van der Waals surface area contributed by atoms with Crippen LogP contribution in [0.4, 0.5) is 14.9 Å². The number of amides is 2. The van der Waals surface area contributed by atoms with Crippen molar-refractivity contribution in [3.63, 3.8) is 0 Å². The Morgan fingerprint density at radius 1 is 1.02 bits per heavy atom. The Morgan fingerprint density at radius 3 is 2.43 bits per heavy atom. The number of aromatic nitrogens is 2. The fraction of sp³-hybridized carbons (Fsp3) is 0.206. The molecule has 3 aromatic carbocycles. The summed E-state index contributed by atoms with van der Waals surface area (Å²) in [5.74, 6) is -2.35. The lowest BCUT2D eigenvalue weighted by Gasteiger charge is -2.19. The van der Waals surface area contributed by atoms with E-state index in [0.29, 0.717) is 22.4 Å². The van der Waals surface area contributed by atoms with Crippen molar-refractivity contribution in [2.24, 2.45) is 0 Å². The lowest BCUT2D eigenvalue weighted by molar-refractivity contribution is -0.139. The molecule has 0 radical (unpaired) electrons. The number of carboxylic acids is 1. The van der Waals surface area contributed by atoms with E-state index in [4.69, 9.17) is 9.26 Å². The molecule has 1 atom stereocenters. The first-order valence-electron chi connectivity index (χ1n) is 14.3. The molecule has 0 aliphatic carbocycles. The number of anilines is 1. The van der Waals surface area contributed by atoms with Gasteiger partial charge in [-0.1, -0.05) is 23.4 Å². The molecule has 0 saturated carbocycles. The first kappa shape index (κ1) is 32.0. The van der Waals surface area contributed by atoms with E-state index in [1.54, 1.807) is 80.6 Å². The maximum absolute atomic E-state index is 15.2. The first-order chi connectivity index (χ1) is 21.8. The van der Waals surface area contributed by atoms with E-state index >= 15 is 4.39 Å². The van der Waals surface area contributed by atoms with E-state index in [0.717, 1.165) is 16.0 Å². The number of hydrogen-bond donors (Lipinski definition) is 3. The van der Waals surface area contributed by atoms with Crippen LogP contribution in [-0.2, 0) is 16.0 Å². The van der Waals surface area contributed by atoms with E-state index in [2.05, 4.69) is 20.8 Å². The Morgan fingerprint density at radius 2 is 1.78 bits per heavy atom. The number of nitrogens with zero attached hydrogens (tertiary/aromatic N) is 2. The quantitative estimate of drug-likeness (QED) is 0.151. The Bertz CT molecular complexity index is 1890. The molecular weight excluding hydrogens is 611 g/mol. The molecule has 12 heteroatoms. The summed E-state index contributed by atoms with van der Waals surface area (Å²) in [5, 5.41) is 20.9. The number of halogens is 1. The van der Waals surface area contributed by atoms with Gasteiger partial charge in [-0.2, -0.15) is 4.98 Å². The SMILES string of the molecule is Cc1csc(-c2cccc(C(=O)N[C@H](Cc3ccc(-c4noc(-c5ccc(NC(=O)OC(C)(C)C)cc5)n4)c(F)c3)C(=O)O)c2)c1. The second-order valence-electron chi connectivity index (χ2n) is 11.6. The van der Waals surface area contributed by atoms with Crippen LogP contribution in [0.2, 0.25) is 0 Å². The van der Waals surface area contributed by atoms with Crippen molar-refractivity contribution in [3.05, 3.63) is 101 Å². The van der Waals surface area contributed by atoms with Crippen LogP contribution in [0, 0.1) is 12.7 Å². The molecule has 5 aromatic rings. The minimum absolute atomic E-state index is 0.00101. The van der Waals surface area contributed by atoms with E-state index in [-0.39, 0.29) is 23.7 Å². The Kier molecular flexibility index (Phi) is 9.28. The second kappa shape index (κ2) is 13.3. The molecule has 236 valence electrons. The van der Waals surface area contributed by atoms with Crippen molar-refractivity contribution in [2.45, 2.75) is 45.8 Å². The average Bonchev–Trinajstić information content (AvgIpc) is 3.66. The number of benzene rings is 3. The van der Waals surface area contributed by atoms with Crippen LogP contribution >= 0.6 is 11.3 Å². The Labute approximate surface area is 268 Å². The van der Waals surface area contributed by atoms with Crippen molar-refractivity contribution in [2.75, 3.05) is 5.32 Å². The predicted octanol–water partition coefficient (Wildman–Crippen LogP) is 7.35. The van der Waals surface area contributed by atoms with Crippen LogP contribution in [0.1, 0.15) is 42.3 Å². The van der Waals surface area contributed by atoms with Crippen molar-refractivity contribution in [1.82, 2.24) is 15.5 Å². The van der Waals surface area contributed by atoms with Crippen molar-refractivity contribution in [1.29, 1.82) is 0 Å². The summed E-state index contributed by atoms with van der Waals surface area (Å²) >= 11 is 1.56. The predicted molar refractivity (Wildman–Crippen MR) is 172 cm³/mol. The lowest BCUT2D eigenvalue weighted by Crippen LogP contribution is -2.42. The molecule has 0 aliphatic rings. The zero-order valence-electron chi connectivity index (χ0n) is 25.5. The van der Waals surface area contributed by atoms with Gasteiger partial charge in [0.25, 0.3) is 11.8 Å². The molecule has 3 N–H and O–H groups in total. The molecule has 0 saturated heterocycles. The minimum Gasteiger partial charge on any atom is -0.480 e. The monoisotopic (exact) mass is 642 g/mol. The van der Waals surface area contributed by atoms with Gasteiger partial charge in [0.1, 0.15) is 17.5 Å². The van der Waals surface area contributed by atoms with Gasteiger partial charge in [-0.25, -0.2) is 14.0 Å². The van der Waals surface area contributed by atoms with Crippen molar-refractivity contribution < 1.29 is 33.1 Å². The summed E-state index contributed by atoms with van der Waals surface area (Å²) in [6, 6.07) is 18.4. The number of nitrogens with one attached hydrogen (secondary N) is 2. The smallest absolute Gasteiger partial charge is 0.412 e. The van der Waals surface area contributed by atoms with Gasteiger partial charge >= 0.3 is 12.1 Å².